The molecule has 1 unspecified atom stereocenters. The molecular weight excluding hydrogens is 326 g/mol. The number of hydrogen-bond donors (Lipinski definition) is 0. The lowest BCUT2D eigenvalue weighted by Crippen LogP contribution is -2.46. The van der Waals surface area contributed by atoms with Crippen molar-refractivity contribution in [3.05, 3.63) is 47.3 Å². The molecule has 140 valence electrons. The minimum Gasteiger partial charge on any atom is -0.485 e. The molecule has 5 nitrogen and oxygen atoms in total. The third kappa shape index (κ3) is 3.30. The molecule has 5 heteroatoms. The van der Waals surface area contributed by atoms with Crippen LogP contribution >= 0.6 is 0 Å². The predicted molar refractivity (Wildman–Crippen MR) is 105 cm³/mol. The van der Waals surface area contributed by atoms with Crippen molar-refractivity contribution >= 4 is 11.6 Å². The number of anilines is 1. The second-order valence-corrected chi connectivity index (χ2v) is 6.96. The number of para-hydroxylation sites is 2. The summed E-state index contributed by atoms with van der Waals surface area (Å²) in [4.78, 5) is 17.1. The molecule has 1 atom stereocenters. The van der Waals surface area contributed by atoms with Crippen LogP contribution in [-0.4, -0.2) is 48.2 Å². The highest BCUT2D eigenvalue weighted by Gasteiger charge is 2.27. The van der Waals surface area contributed by atoms with Crippen molar-refractivity contribution in [3.8, 4) is 5.75 Å². The number of carbonyl (C=O) groups is 1. The van der Waals surface area contributed by atoms with Crippen molar-refractivity contribution in [1.29, 1.82) is 0 Å². The fourth-order valence-corrected chi connectivity index (χ4v) is 3.87. The van der Waals surface area contributed by atoms with E-state index in [1.165, 1.54) is 0 Å². The molecule has 1 aromatic carbocycles. The fourth-order valence-electron chi connectivity index (χ4n) is 3.87. The Hall–Kier alpha value is -2.43. The second-order valence-electron chi connectivity index (χ2n) is 6.96. The number of benzene rings is 1. The van der Waals surface area contributed by atoms with Crippen LogP contribution in [0.5, 0.6) is 5.75 Å². The summed E-state index contributed by atoms with van der Waals surface area (Å²) in [6.07, 6.45) is -0.0338. The summed E-state index contributed by atoms with van der Waals surface area (Å²) in [6.45, 7) is 11.5. The predicted octanol–water partition coefficient (Wildman–Crippen LogP) is 3.48. The number of fused-ring (bicyclic) bond motifs is 1. The van der Waals surface area contributed by atoms with Crippen LogP contribution in [0.3, 0.4) is 0 Å². The van der Waals surface area contributed by atoms with Gasteiger partial charge in [-0.05, 0) is 45.9 Å². The molecule has 0 radical (unpaired) electrons. The van der Waals surface area contributed by atoms with E-state index in [9.17, 15) is 4.79 Å². The van der Waals surface area contributed by atoms with Crippen LogP contribution in [0.15, 0.2) is 30.3 Å². The van der Waals surface area contributed by atoms with Gasteiger partial charge < -0.3 is 19.1 Å². The second kappa shape index (κ2) is 7.44. The molecule has 0 spiro atoms. The van der Waals surface area contributed by atoms with Crippen molar-refractivity contribution in [2.24, 2.45) is 0 Å². The van der Waals surface area contributed by atoms with Crippen molar-refractivity contribution < 1.29 is 9.53 Å². The zero-order valence-electron chi connectivity index (χ0n) is 16.5. The van der Waals surface area contributed by atoms with Crippen LogP contribution in [0.25, 0.3) is 0 Å². The first-order valence-corrected chi connectivity index (χ1v) is 9.39. The van der Waals surface area contributed by atoms with E-state index in [1.807, 2.05) is 45.2 Å². The van der Waals surface area contributed by atoms with Crippen LogP contribution in [0.2, 0.25) is 0 Å². The molecule has 0 bridgehead atoms. The molecule has 1 amide bonds. The van der Waals surface area contributed by atoms with Gasteiger partial charge in [0.1, 0.15) is 11.9 Å². The van der Waals surface area contributed by atoms with Crippen LogP contribution in [0.1, 0.15) is 35.6 Å². The lowest BCUT2D eigenvalue weighted by molar-refractivity contribution is 0.0709. The molecule has 0 saturated carbocycles. The van der Waals surface area contributed by atoms with Gasteiger partial charge in [0, 0.05) is 31.5 Å². The van der Waals surface area contributed by atoms with Gasteiger partial charge >= 0.3 is 0 Å². The minimum atomic E-state index is -0.0338. The normalized spacial score (nSPS) is 16.2. The summed E-state index contributed by atoms with van der Waals surface area (Å²) < 4.78 is 8.33. The molecule has 2 heterocycles. The van der Waals surface area contributed by atoms with Gasteiger partial charge in [0.05, 0.1) is 24.3 Å². The van der Waals surface area contributed by atoms with E-state index >= 15 is 0 Å². The fraction of sp³-hybridized carbons (Fsp3) is 0.476. The van der Waals surface area contributed by atoms with E-state index in [2.05, 4.69) is 29.4 Å². The van der Waals surface area contributed by atoms with Gasteiger partial charge in [-0.2, -0.15) is 0 Å². The maximum atomic E-state index is 13.0. The first kappa shape index (κ1) is 18.4. The Morgan fingerprint density at radius 2 is 1.96 bits per heavy atom. The first-order valence-electron chi connectivity index (χ1n) is 9.39. The van der Waals surface area contributed by atoms with Gasteiger partial charge in [-0.3, -0.25) is 4.79 Å². The van der Waals surface area contributed by atoms with E-state index in [-0.39, 0.29) is 12.0 Å². The summed E-state index contributed by atoms with van der Waals surface area (Å²) in [6, 6.07) is 10.1. The number of likely N-dealkylation sites (N-methyl/N-ethyl adjacent to an activating group) is 2. The molecule has 2 aromatic rings. The van der Waals surface area contributed by atoms with E-state index in [4.69, 9.17) is 4.74 Å². The van der Waals surface area contributed by atoms with E-state index in [0.29, 0.717) is 6.54 Å². The number of nitrogens with zero attached hydrogens (tertiary/aromatic N) is 3. The average Bonchev–Trinajstić information content (AvgIpc) is 2.93. The number of hydrogen-bond acceptors (Lipinski definition) is 3. The number of aromatic nitrogens is 1. The molecular formula is C21H29N3O2. The van der Waals surface area contributed by atoms with Gasteiger partial charge in [-0.25, -0.2) is 0 Å². The van der Waals surface area contributed by atoms with Crippen molar-refractivity contribution in [2.45, 2.75) is 40.3 Å². The molecule has 0 N–H and O–H groups in total. The number of amides is 1. The number of rotatable bonds is 5. The van der Waals surface area contributed by atoms with Gasteiger partial charge in [-0.1, -0.05) is 12.1 Å². The Balaban J connectivity index is 1.74. The minimum absolute atomic E-state index is 0.0338. The first-order chi connectivity index (χ1) is 12.5. The van der Waals surface area contributed by atoms with E-state index in [0.717, 1.165) is 48.0 Å². The largest absolute Gasteiger partial charge is 0.485 e. The Kier molecular flexibility index (Phi) is 5.25. The molecule has 26 heavy (non-hydrogen) atoms. The topological polar surface area (TPSA) is 37.7 Å². The lowest BCUT2D eigenvalue weighted by Gasteiger charge is -2.37. The number of carbonyl (C=O) groups excluding carboxylic acids is 1. The summed E-state index contributed by atoms with van der Waals surface area (Å²) in [5, 5.41) is 0. The van der Waals surface area contributed by atoms with E-state index < -0.39 is 0 Å². The maximum Gasteiger partial charge on any atom is 0.255 e. The summed E-state index contributed by atoms with van der Waals surface area (Å²) in [7, 11) is 1.86. The van der Waals surface area contributed by atoms with Crippen molar-refractivity contribution in [2.75, 3.05) is 31.6 Å². The summed E-state index contributed by atoms with van der Waals surface area (Å²) in [5.74, 6) is 0.957. The van der Waals surface area contributed by atoms with Crippen LogP contribution in [0.4, 0.5) is 5.69 Å². The van der Waals surface area contributed by atoms with Crippen LogP contribution < -0.4 is 9.64 Å². The zero-order valence-corrected chi connectivity index (χ0v) is 16.5. The molecule has 1 aliphatic rings. The quantitative estimate of drug-likeness (QED) is 0.824. The summed E-state index contributed by atoms with van der Waals surface area (Å²) in [5.41, 5.74) is 4.08. The number of aryl methyl sites for hydroxylation is 1. The molecule has 3 rings (SSSR count). The SMILES string of the molecule is CCN1CC(CN(C)C(=O)c2cc(C)n(CC)c2C)Oc2ccccc21. The highest BCUT2D eigenvalue weighted by molar-refractivity contribution is 5.95. The average molecular weight is 355 g/mol. The van der Waals surface area contributed by atoms with E-state index in [1.54, 1.807) is 4.90 Å². The highest BCUT2D eigenvalue weighted by atomic mass is 16.5. The monoisotopic (exact) mass is 355 g/mol. The number of ether oxygens (including phenoxy) is 1. The lowest BCUT2D eigenvalue weighted by atomic mass is 10.1. The van der Waals surface area contributed by atoms with Gasteiger partial charge in [0.15, 0.2) is 0 Å². The Bertz CT molecular complexity index is 797. The third-order valence-corrected chi connectivity index (χ3v) is 5.25. The molecule has 1 aliphatic heterocycles. The van der Waals surface area contributed by atoms with Crippen molar-refractivity contribution in [3.63, 3.8) is 0 Å². The molecule has 1 aromatic heterocycles. The van der Waals surface area contributed by atoms with Gasteiger partial charge in [0.2, 0.25) is 0 Å². The Morgan fingerprint density at radius 1 is 1.23 bits per heavy atom. The standard InChI is InChI=1S/C21H29N3O2/c1-6-23-14-17(26-20-11-9-8-10-19(20)23)13-22(5)21(25)18-12-15(3)24(7-2)16(18)4/h8-12,17H,6-7,13-14H2,1-5H3. The smallest absolute Gasteiger partial charge is 0.255 e. The Morgan fingerprint density at radius 3 is 2.62 bits per heavy atom. The molecule has 0 aliphatic carbocycles. The molecule has 0 saturated heterocycles. The van der Waals surface area contributed by atoms with Crippen LogP contribution in [-0.2, 0) is 6.54 Å². The summed E-state index contributed by atoms with van der Waals surface area (Å²) >= 11 is 0. The zero-order chi connectivity index (χ0) is 18.8. The third-order valence-electron chi connectivity index (χ3n) is 5.25. The van der Waals surface area contributed by atoms with Crippen LogP contribution in [0, 0.1) is 13.8 Å². The molecule has 0 fully saturated rings. The maximum absolute atomic E-state index is 13.0. The Labute approximate surface area is 156 Å². The highest BCUT2D eigenvalue weighted by Crippen LogP contribution is 2.33. The van der Waals surface area contributed by atoms with Gasteiger partial charge in [0.25, 0.3) is 5.91 Å². The van der Waals surface area contributed by atoms with Gasteiger partial charge in [-0.15, -0.1) is 0 Å². The van der Waals surface area contributed by atoms with Crippen molar-refractivity contribution in [1.82, 2.24) is 9.47 Å².